The van der Waals surface area contributed by atoms with Gasteiger partial charge in [-0.3, -0.25) is 0 Å². The molecule has 1 N–H and O–H groups in total. The van der Waals surface area contributed by atoms with Crippen LogP contribution in [0.15, 0.2) is 36.4 Å². The highest BCUT2D eigenvalue weighted by molar-refractivity contribution is 5.86. The van der Waals surface area contributed by atoms with Crippen LogP contribution in [0.3, 0.4) is 0 Å². The lowest BCUT2D eigenvalue weighted by molar-refractivity contribution is 0.0540. The molecule has 2 atom stereocenters. The van der Waals surface area contributed by atoms with Gasteiger partial charge in [-0.1, -0.05) is 30.3 Å². The van der Waals surface area contributed by atoms with E-state index in [-0.39, 0.29) is 11.9 Å². The first-order chi connectivity index (χ1) is 9.25. The minimum Gasteiger partial charge on any atom is -0.388 e. The molecule has 2 aromatic carbocycles. The molecule has 3 rings (SSSR count). The summed E-state index contributed by atoms with van der Waals surface area (Å²) in [6.45, 7) is 0.779. The highest BCUT2D eigenvalue weighted by atomic mass is 19.1. The first-order valence-corrected chi connectivity index (χ1v) is 6.72. The summed E-state index contributed by atoms with van der Waals surface area (Å²) in [5, 5.41) is 11.7. The van der Waals surface area contributed by atoms with Crippen LogP contribution < -0.4 is 0 Å². The molecule has 0 saturated carbocycles. The Morgan fingerprint density at radius 3 is 2.74 bits per heavy atom. The molecule has 100 valence electrons. The normalized spacial score (nSPS) is 20.8. The average molecular weight is 260 g/mol. The van der Waals surface area contributed by atoms with E-state index in [1.807, 2.05) is 18.2 Å². The Morgan fingerprint density at radius 1 is 1.21 bits per heavy atom. The van der Waals surface area contributed by atoms with E-state index in [2.05, 4.69) is 0 Å². The summed E-state index contributed by atoms with van der Waals surface area (Å²) >= 11 is 0. The zero-order valence-corrected chi connectivity index (χ0v) is 10.7. The molecule has 0 radical (unpaired) electrons. The summed E-state index contributed by atoms with van der Waals surface area (Å²) in [5.74, 6) is -0.247. The second kappa shape index (κ2) is 5.27. The van der Waals surface area contributed by atoms with Gasteiger partial charge < -0.3 is 9.84 Å². The smallest absolute Gasteiger partial charge is 0.131 e. The Hall–Kier alpha value is -1.45. The largest absolute Gasteiger partial charge is 0.388 e. The Balaban J connectivity index is 1.93. The minimum atomic E-state index is -0.603. The van der Waals surface area contributed by atoms with Crippen LogP contribution in [0.25, 0.3) is 10.8 Å². The van der Waals surface area contributed by atoms with Crippen LogP contribution in [0, 0.1) is 5.82 Å². The molecule has 2 aromatic rings. The van der Waals surface area contributed by atoms with Crippen molar-refractivity contribution < 1.29 is 14.2 Å². The van der Waals surface area contributed by atoms with Gasteiger partial charge in [-0.25, -0.2) is 4.39 Å². The van der Waals surface area contributed by atoms with E-state index in [4.69, 9.17) is 4.74 Å². The van der Waals surface area contributed by atoms with Crippen molar-refractivity contribution >= 4 is 10.8 Å². The van der Waals surface area contributed by atoms with Crippen LogP contribution >= 0.6 is 0 Å². The summed E-state index contributed by atoms with van der Waals surface area (Å²) in [6.07, 6.45) is 2.15. The summed E-state index contributed by atoms with van der Waals surface area (Å²) < 4.78 is 19.3. The number of rotatable bonds is 3. The summed E-state index contributed by atoms with van der Waals surface area (Å²) in [6, 6.07) is 10.4. The van der Waals surface area contributed by atoms with Crippen LogP contribution in [0.4, 0.5) is 4.39 Å². The second-order valence-corrected chi connectivity index (χ2v) is 5.07. The molecule has 0 aromatic heterocycles. The molecular weight excluding hydrogens is 243 g/mol. The fraction of sp³-hybridized carbons (Fsp3) is 0.375. The number of ether oxygens (including phenoxy) is 1. The number of halogens is 1. The van der Waals surface area contributed by atoms with Crippen LogP contribution in [-0.4, -0.2) is 17.8 Å². The van der Waals surface area contributed by atoms with E-state index in [1.165, 1.54) is 6.07 Å². The standard InChI is InChI=1S/C16H17FO2/c17-15-8-7-14(12-5-1-2-6-13(12)15)16(18)10-11-4-3-9-19-11/h1-2,5-8,11,16,18H,3-4,9-10H2. The first-order valence-electron chi connectivity index (χ1n) is 6.72. The van der Waals surface area contributed by atoms with Gasteiger partial charge in [-0.15, -0.1) is 0 Å². The van der Waals surface area contributed by atoms with Crippen LogP contribution in [0.5, 0.6) is 0 Å². The molecule has 0 bridgehead atoms. The lowest BCUT2D eigenvalue weighted by Gasteiger charge is -2.17. The van der Waals surface area contributed by atoms with E-state index < -0.39 is 6.10 Å². The van der Waals surface area contributed by atoms with E-state index in [0.717, 1.165) is 30.4 Å². The van der Waals surface area contributed by atoms with Crippen molar-refractivity contribution in [1.29, 1.82) is 0 Å². The van der Waals surface area contributed by atoms with Gasteiger partial charge in [0.05, 0.1) is 12.2 Å². The van der Waals surface area contributed by atoms with Gasteiger partial charge in [-0.2, -0.15) is 0 Å². The summed E-state index contributed by atoms with van der Waals surface area (Å²) in [7, 11) is 0. The third kappa shape index (κ3) is 2.48. The lowest BCUT2D eigenvalue weighted by Crippen LogP contribution is -2.11. The van der Waals surface area contributed by atoms with Gasteiger partial charge in [-0.05, 0) is 29.9 Å². The maximum atomic E-state index is 13.7. The zero-order valence-electron chi connectivity index (χ0n) is 10.7. The van der Waals surface area contributed by atoms with Gasteiger partial charge in [0, 0.05) is 18.4 Å². The summed E-state index contributed by atoms with van der Waals surface area (Å²) in [5.41, 5.74) is 0.785. The highest BCUT2D eigenvalue weighted by Gasteiger charge is 2.21. The highest BCUT2D eigenvalue weighted by Crippen LogP contribution is 2.31. The Morgan fingerprint density at radius 2 is 2.00 bits per heavy atom. The van der Waals surface area contributed by atoms with Gasteiger partial charge >= 0.3 is 0 Å². The van der Waals surface area contributed by atoms with Gasteiger partial charge in [0.1, 0.15) is 5.82 Å². The minimum absolute atomic E-state index is 0.124. The van der Waals surface area contributed by atoms with Gasteiger partial charge in [0.25, 0.3) is 0 Å². The topological polar surface area (TPSA) is 29.5 Å². The van der Waals surface area contributed by atoms with E-state index >= 15 is 0 Å². The predicted octanol–water partition coefficient (Wildman–Crippen LogP) is 3.58. The fourth-order valence-corrected chi connectivity index (χ4v) is 2.78. The molecule has 1 aliphatic rings. The molecular formula is C16H17FO2. The zero-order chi connectivity index (χ0) is 13.2. The molecule has 2 unspecified atom stereocenters. The number of hydrogen-bond acceptors (Lipinski definition) is 2. The molecule has 1 fully saturated rings. The molecule has 2 nitrogen and oxygen atoms in total. The molecule has 0 aliphatic carbocycles. The Kier molecular flexibility index (Phi) is 3.49. The fourth-order valence-electron chi connectivity index (χ4n) is 2.78. The lowest BCUT2D eigenvalue weighted by atomic mass is 9.96. The van der Waals surface area contributed by atoms with E-state index in [9.17, 15) is 9.50 Å². The molecule has 19 heavy (non-hydrogen) atoms. The number of aliphatic hydroxyl groups excluding tert-OH is 1. The second-order valence-electron chi connectivity index (χ2n) is 5.07. The number of aliphatic hydroxyl groups is 1. The van der Waals surface area contributed by atoms with Crippen molar-refractivity contribution in [3.05, 3.63) is 47.8 Å². The first kappa shape index (κ1) is 12.6. The summed E-state index contributed by atoms with van der Waals surface area (Å²) in [4.78, 5) is 0. The van der Waals surface area contributed by atoms with Crippen molar-refractivity contribution in [2.24, 2.45) is 0 Å². The van der Waals surface area contributed by atoms with Gasteiger partial charge in [0.2, 0.25) is 0 Å². The number of fused-ring (bicyclic) bond motifs is 1. The number of hydrogen-bond donors (Lipinski definition) is 1. The maximum Gasteiger partial charge on any atom is 0.131 e. The number of benzene rings is 2. The van der Waals surface area contributed by atoms with Gasteiger partial charge in [0.15, 0.2) is 0 Å². The van der Waals surface area contributed by atoms with Crippen molar-refractivity contribution in [3.8, 4) is 0 Å². The van der Waals surface area contributed by atoms with Crippen molar-refractivity contribution in [3.63, 3.8) is 0 Å². The van der Waals surface area contributed by atoms with Crippen LogP contribution in [-0.2, 0) is 4.74 Å². The van der Waals surface area contributed by atoms with Crippen molar-refractivity contribution in [1.82, 2.24) is 0 Å². The molecule has 1 heterocycles. The quantitative estimate of drug-likeness (QED) is 0.914. The Labute approximate surface area is 111 Å². The monoisotopic (exact) mass is 260 g/mol. The van der Waals surface area contributed by atoms with Crippen molar-refractivity contribution in [2.45, 2.75) is 31.5 Å². The van der Waals surface area contributed by atoms with E-state index in [0.29, 0.717) is 11.8 Å². The van der Waals surface area contributed by atoms with E-state index in [1.54, 1.807) is 12.1 Å². The maximum absolute atomic E-state index is 13.7. The molecule has 1 aliphatic heterocycles. The third-order valence-electron chi connectivity index (χ3n) is 3.77. The average Bonchev–Trinajstić information content (AvgIpc) is 2.92. The Bertz CT molecular complexity index is 576. The molecule has 3 heteroatoms. The molecule has 1 saturated heterocycles. The molecule has 0 amide bonds. The SMILES string of the molecule is OC(CC1CCCO1)c1ccc(F)c2ccccc12. The third-order valence-corrected chi connectivity index (χ3v) is 3.77. The van der Waals surface area contributed by atoms with Crippen LogP contribution in [0.1, 0.15) is 30.9 Å². The van der Waals surface area contributed by atoms with Crippen molar-refractivity contribution in [2.75, 3.05) is 6.61 Å². The van der Waals surface area contributed by atoms with Crippen LogP contribution in [0.2, 0.25) is 0 Å². The predicted molar refractivity (Wildman–Crippen MR) is 72.5 cm³/mol. The molecule has 0 spiro atoms.